The quantitative estimate of drug-likeness (QED) is 0.0849. The van der Waals surface area contributed by atoms with Gasteiger partial charge in [-0.3, -0.25) is 4.79 Å². The van der Waals surface area contributed by atoms with Gasteiger partial charge in [0.1, 0.15) is 30.5 Å². The first kappa shape index (κ1) is 47.9. The van der Waals surface area contributed by atoms with E-state index in [2.05, 4.69) is 151 Å². The van der Waals surface area contributed by atoms with Gasteiger partial charge in [-0.05, 0) is 47.5 Å². The second-order valence-corrected chi connectivity index (χ2v) is 28.1. The van der Waals surface area contributed by atoms with E-state index in [1.54, 1.807) is 0 Å². The second kappa shape index (κ2) is 21.2. The van der Waals surface area contributed by atoms with Gasteiger partial charge in [0.2, 0.25) is 0 Å². The van der Waals surface area contributed by atoms with Crippen molar-refractivity contribution in [2.24, 2.45) is 0 Å². The summed E-state index contributed by atoms with van der Waals surface area (Å²) in [5, 5.41) is 3.44. The molecule has 7 aromatic rings. The predicted octanol–water partition coefficient (Wildman–Crippen LogP) is 10.2. The fourth-order valence-corrected chi connectivity index (χ4v) is 19.3. The van der Waals surface area contributed by atoms with Crippen molar-refractivity contribution in [3.63, 3.8) is 0 Å². The Bertz CT molecular complexity index is 2350. The zero-order chi connectivity index (χ0) is 46.9. The van der Waals surface area contributed by atoms with Gasteiger partial charge in [0.15, 0.2) is 5.78 Å². The van der Waals surface area contributed by atoms with Crippen molar-refractivity contribution in [2.75, 3.05) is 0 Å². The standard InChI is InChI=1S/C59H64O6Si2/c1-58(2,3)66(48-34-20-10-21-35-48,49-36-22-11-23-37-49)64-56-53(61-42-45-28-14-7-15-29-45)52(60)54(62-43-46-30-16-8-17-31-46)57(55(56)63-44-47-32-18-9-19-33-47)65-67(59(4,5)6,50-38-24-12-25-39-50)51-40-26-13-27-41-51/h7-41,53-57H,42-44H2,1-6H3/t53-,54+,55?,56+,57-. The number of hydrogen-bond acceptors (Lipinski definition) is 6. The molecule has 0 bridgehead atoms. The summed E-state index contributed by atoms with van der Waals surface area (Å²) in [5.74, 6) is -0.239. The molecule has 0 aliphatic heterocycles. The molecule has 0 spiro atoms. The lowest BCUT2D eigenvalue weighted by Crippen LogP contribution is -2.76. The van der Waals surface area contributed by atoms with E-state index in [1.165, 1.54) is 0 Å². The molecule has 8 heteroatoms. The molecule has 344 valence electrons. The minimum absolute atomic E-state index is 0.175. The molecule has 0 aromatic heterocycles. The summed E-state index contributed by atoms with van der Waals surface area (Å²) in [6.45, 7) is 14.1. The zero-order valence-corrected chi connectivity index (χ0v) is 41.7. The molecule has 1 fully saturated rings. The fraction of sp³-hybridized carbons (Fsp3) is 0.271. The van der Waals surface area contributed by atoms with Crippen molar-refractivity contribution in [3.8, 4) is 0 Å². The molecule has 67 heavy (non-hydrogen) atoms. The van der Waals surface area contributed by atoms with Gasteiger partial charge in [0.25, 0.3) is 16.6 Å². The van der Waals surface area contributed by atoms with E-state index in [1.807, 2.05) is 103 Å². The highest BCUT2D eigenvalue weighted by Crippen LogP contribution is 2.44. The van der Waals surface area contributed by atoms with Crippen LogP contribution in [0.15, 0.2) is 212 Å². The van der Waals surface area contributed by atoms with Crippen LogP contribution in [-0.2, 0) is 47.7 Å². The lowest BCUT2D eigenvalue weighted by atomic mass is 9.85. The van der Waals surface area contributed by atoms with Crippen LogP contribution in [0.3, 0.4) is 0 Å². The fourth-order valence-electron chi connectivity index (χ4n) is 9.90. The highest BCUT2D eigenvalue weighted by atomic mass is 28.4. The number of carbonyl (C=O) groups is 1. The van der Waals surface area contributed by atoms with Gasteiger partial charge < -0.3 is 23.1 Å². The van der Waals surface area contributed by atoms with Crippen molar-refractivity contribution in [2.45, 2.75) is 102 Å². The molecule has 1 unspecified atom stereocenters. The molecule has 8 rings (SSSR count). The van der Waals surface area contributed by atoms with E-state index >= 15 is 4.79 Å². The topological polar surface area (TPSA) is 63.2 Å². The minimum atomic E-state index is -3.41. The van der Waals surface area contributed by atoms with Gasteiger partial charge in [-0.1, -0.05) is 254 Å². The van der Waals surface area contributed by atoms with Crippen LogP contribution in [0.25, 0.3) is 0 Å². The minimum Gasteiger partial charge on any atom is -0.399 e. The lowest BCUT2D eigenvalue weighted by Gasteiger charge is -2.53. The zero-order valence-electron chi connectivity index (χ0n) is 39.7. The summed E-state index contributed by atoms with van der Waals surface area (Å²) in [7, 11) is -6.82. The molecule has 0 saturated heterocycles. The largest absolute Gasteiger partial charge is 0.399 e. The van der Waals surface area contributed by atoms with Crippen LogP contribution in [0.4, 0.5) is 0 Å². The number of carbonyl (C=O) groups excluding carboxylic acids is 1. The molecule has 5 atom stereocenters. The van der Waals surface area contributed by atoms with Crippen molar-refractivity contribution in [1.82, 2.24) is 0 Å². The third kappa shape index (κ3) is 10.3. The smallest absolute Gasteiger partial charge is 0.261 e. The first-order valence-electron chi connectivity index (χ1n) is 23.5. The van der Waals surface area contributed by atoms with Crippen LogP contribution >= 0.6 is 0 Å². The van der Waals surface area contributed by atoms with Crippen LogP contribution < -0.4 is 20.7 Å². The highest BCUT2D eigenvalue weighted by Gasteiger charge is 2.62. The van der Waals surface area contributed by atoms with Crippen molar-refractivity contribution < 1.29 is 27.9 Å². The average Bonchev–Trinajstić information content (AvgIpc) is 3.35. The van der Waals surface area contributed by atoms with Gasteiger partial charge in [0.05, 0.1) is 19.8 Å². The number of ketones is 1. The number of ether oxygens (including phenoxy) is 3. The molecule has 0 amide bonds. The van der Waals surface area contributed by atoms with Crippen molar-refractivity contribution >= 4 is 43.2 Å². The Morgan fingerprint density at radius 1 is 0.343 bits per heavy atom. The van der Waals surface area contributed by atoms with Crippen LogP contribution in [0.5, 0.6) is 0 Å². The number of Topliss-reactive ketones (excluding diaryl/α,β-unsaturated/α-hetero) is 1. The first-order valence-corrected chi connectivity index (χ1v) is 27.3. The summed E-state index contributed by atoms with van der Waals surface area (Å²) < 4.78 is 37.9. The molecule has 0 radical (unpaired) electrons. The van der Waals surface area contributed by atoms with Crippen LogP contribution in [0.2, 0.25) is 10.1 Å². The van der Waals surface area contributed by atoms with E-state index in [9.17, 15) is 0 Å². The Labute approximate surface area is 400 Å². The van der Waals surface area contributed by atoms with Crippen LogP contribution in [0.1, 0.15) is 58.2 Å². The summed E-state index contributed by atoms with van der Waals surface area (Å²) in [6, 6.07) is 72.4. The molecule has 7 aromatic carbocycles. The lowest BCUT2D eigenvalue weighted by molar-refractivity contribution is -0.209. The first-order chi connectivity index (χ1) is 32.4. The van der Waals surface area contributed by atoms with Gasteiger partial charge in [-0.25, -0.2) is 0 Å². The number of hydrogen-bond donors (Lipinski definition) is 0. The van der Waals surface area contributed by atoms with E-state index < -0.39 is 57.2 Å². The molecule has 1 saturated carbocycles. The summed E-state index contributed by atoms with van der Waals surface area (Å²) in [4.78, 5) is 16.2. The van der Waals surface area contributed by atoms with Gasteiger partial charge in [-0.15, -0.1) is 0 Å². The Balaban J connectivity index is 1.40. The number of benzene rings is 7. The molecule has 0 N–H and O–H groups in total. The van der Waals surface area contributed by atoms with Crippen molar-refractivity contribution in [3.05, 3.63) is 229 Å². The molecule has 6 nitrogen and oxygen atoms in total. The predicted molar refractivity (Wildman–Crippen MR) is 275 cm³/mol. The summed E-state index contributed by atoms with van der Waals surface area (Å²) in [6.07, 6.45) is -5.00. The highest BCUT2D eigenvalue weighted by molar-refractivity contribution is 7.00. The maximum Gasteiger partial charge on any atom is 0.261 e. The van der Waals surface area contributed by atoms with Crippen molar-refractivity contribution in [1.29, 1.82) is 0 Å². The van der Waals surface area contributed by atoms with Gasteiger partial charge in [-0.2, -0.15) is 0 Å². The van der Waals surface area contributed by atoms with E-state index in [0.717, 1.165) is 37.4 Å². The Hall–Kier alpha value is -5.56. The molecular formula is C59H64O6Si2. The molecule has 1 aliphatic rings. The SMILES string of the molecule is CC(C)(C)[Si](O[C@@H]1C(OCc2ccccc2)[C@H](O[Si](c2ccccc2)(c2ccccc2)C(C)(C)C)[C@@H](OCc2ccccc2)C(=O)[C@H]1OCc1ccccc1)(c1ccccc1)c1ccccc1. The van der Waals surface area contributed by atoms with Crippen LogP contribution in [-0.4, -0.2) is 52.9 Å². The van der Waals surface area contributed by atoms with Gasteiger partial charge >= 0.3 is 0 Å². The maximum atomic E-state index is 16.2. The molecule has 1 aliphatic carbocycles. The third-order valence-electron chi connectivity index (χ3n) is 13.1. The van der Waals surface area contributed by atoms with Crippen LogP contribution in [0, 0.1) is 0 Å². The summed E-state index contributed by atoms with van der Waals surface area (Å²) >= 11 is 0. The van der Waals surface area contributed by atoms with E-state index in [4.69, 9.17) is 23.1 Å². The summed E-state index contributed by atoms with van der Waals surface area (Å²) in [5.41, 5.74) is 2.86. The van der Waals surface area contributed by atoms with Gasteiger partial charge in [0, 0.05) is 0 Å². The Kier molecular flexibility index (Phi) is 15.1. The Morgan fingerprint density at radius 3 is 0.836 bits per heavy atom. The normalized spacial score (nSPS) is 19.3. The molecule has 0 heterocycles. The van der Waals surface area contributed by atoms with E-state index in [-0.39, 0.29) is 25.6 Å². The maximum absolute atomic E-state index is 16.2. The third-order valence-corrected chi connectivity index (χ3v) is 23.2. The second-order valence-electron chi connectivity index (χ2n) is 19.6. The Morgan fingerprint density at radius 2 is 0.582 bits per heavy atom. The monoisotopic (exact) mass is 924 g/mol. The molecular weight excluding hydrogens is 861 g/mol. The average molecular weight is 925 g/mol. The number of rotatable bonds is 17. The van der Waals surface area contributed by atoms with E-state index in [0.29, 0.717) is 0 Å².